The van der Waals surface area contributed by atoms with Gasteiger partial charge in [-0.25, -0.2) is 4.79 Å². The number of carboxylic acids is 1. The monoisotopic (exact) mass is 375 g/mol. The largest absolute Gasteiger partial charge is 0.478 e. The second-order valence-electron chi connectivity index (χ2n) is 7.37. The lowest BCUT2D eigenvalue weighted by Crippen LogP contribution is -2.42. The first-order valence-corrected chi connectivity index (χ1v) is 9.94. The minimum absolute atomic E-state index is 0.0237. The van der Waals surface area contributed by atoms with Gasteiger partial charge in [-0.2, -0.15) is 0 Å². The second kappa shape index (κ2) is 7.66. The standard InChI is InChI=1S/C20H25NO4S/c1-12(2)21(18(22)14-8-6-13(3)7-9-14)19-15(20(23)24)11-17(26-19)16-5-4-10-25-16/h4-5,10-14H,6-9H2,1-3H3,(H,23,24). The molecule has 1 aliphatic carbocycles. The van der Waals surface area contributed by atoms with E-state index in [1.165, 1.54) is 11.3 Å². The first-order chi connectivity index (χ1) is 12.4. The Kier molecular flexibility index (Phi) is 5.51. The molecule has 1 saturated carbocycles. The lowest BCUT2D eigenvalue weighted by molar-refractivity contribution is -0.123. The minimum Gasteiger partial charge on any atom is -0.478 e. The van der Waals surface area contributed by atoms with Gasteiger partial charge < -0.3 is 14.4 Å². The average molecular weight is 375 g/mol. The number of carbonyl (C=O) groups is 2. The SMILES string of the molecule is CC1CCC(C(=O)N(c2sc(-c3ccco3)cc2C(=O)O)C(C)C)CC1. The van der Waals surface area contributed by atoms with Crippen LogP contribution >= 0.6 is 11.3 Å². The molecular formula is C20H25NO4S. The number of furan rings is 1. The van der Waals surface area contributed by atoms with Crippen LogP contribution in [0.1, 0.15) is 56.8 Å². The minimum atomic E-state index is -1.02. The Labute approximate surface area is 157 Å². The van der Waals surface area contributed by atoms with E-state index < -0.39 is 5.97 Å². The molecule has 0 bridgehead atoms. The lowest BCUT2D eigenvalue weighted by atomic mass is 9.82. The van der Waals surface area contributed by atoms with E-state index >= 15 is 0 Å². The van der Waals surface area contributed by atoms with Crippen molar-refractivity contribution in [3.63, 3.8) is 0 Å². The Morgan fingerprint density at radius 2 is 1.96 bits per heavy atom. The van der Waals surface area contributed by atoms with Crippen molar-refractivity contribution in [3.8, 4) is 10.6 Å². The molecule has 0 aliphatic heterocycles. The van der Waals surface area contributed by atoms with Crippen molar-refractivity contribution in [1.29, 1.82) is 0 Å². The van der Waals surface area contributed by atoms with Crippen molar-refractivity contribution in [2.45, 2.75) is 52.5 Å². The van der Waals surface area contributed by atoms with E-state index in [0.717, 1.165) is 30.6 Å². The normalized spacial score (nSPS) is 20.3. The van der Waals surface area contributed by atoms with Crippen LogP contribution in [0.2, 0.25) is 0 Å². The van der Waals surface area contributed by atoms with Gasteiger partial charge in [0.15, 0.2) is 0 Å². The molecule has 140 valence electrons. The maximum atomic E-state index is 13.2. The molecule has 5 nitrogen and oxygen atoms in total. The molecule has 0 saturated heterocycles. The molecular weight excluding hydrogens is 350 g/mol. The summed E-state index contributed by atoms with van der Waals surface area (Å²) in [6.45, 7) is 6.08. The van der Waals surface area contributed by atoms with Crippen LogP contribution in [0.3, 0.4) is 0 Å². The quantitative estimate of drug-likeness (QED) is 0.772. The molecule has 0 spiro atoms. The van der Waals surface area contributed by atoms with Gasteiger partial charge in [-0.1, -0.05) is 6.92 Å². The van der Waals surface area contributed by atoms with Gasteiger partial charge in [-0.05, 0) is 63.6 Å². The summed E-state index contributed by atoms with van der Waals surface area (Å²) >= 11 is 1.31. The van der Waals surface area contributed by atoms with Gasteiger partial charge in [-0.15, -0.1) is 11.3 Å². The predicted molar refractivity (Wildman–Crippen MR) is 103 cm³/mol. The van der Waals surface area contributed by atoms with E-state index in [-0.39, 0.29) is 23.4 Å². The zero-order chi connectivity index (χ0) is 18.8. The first kappa shape index (κ1) is 18.7. The van der Waals surface area contributed by atoms with Crippen LogP contribution in [-0.2, 0) is 4.79 Å². The van der Waals surface area contributed by atoms with Gasteiger partial charge in [0.25, 0.3) is 0 Å². The van der Waals surface area contributed by atoms with E-state index in [1.54, 1.807) is 29.4 Å². The summed E-state index contributed by atoms with van der Waals surface area (Å²) in [7, 11) is 0. The van der Waals surface area contributed by atoms with E-state index in [9.17, 15) is 14.7 Å². The summed E-state index contributed by atoms with van der Waals surface area (Å²) in [4.78, 5) is 27.4. The number of carbonyl (C=O) groups excluding carboxylic acids is 1. The van der Waals surface area contributed by atoms with Crippen LogP contribution in [0.25, 0.3) is 10.6 Å². The molecule has 0 radical (unpaired) electrons. The van der Waals surface area contributed by atoms with Gasteiger partial charge in [0, 0.05) is 12.0 Å². The summed E-state index contributed by atoms with van der Waals surface area (Å²) < 4.78 is 5.41. The number of anilines is 1. The Morgan fingerprint density at radius 1 is 1.27 bits per heavy atom. The van der Waals surface area contributed by atoms with Crippen LogP contribution in [0.15, 0.2) is 28.9 Å². The number of hydrogen-bond donors (Lipinski definition) is 1. The molecule has 6 heteroatoms. The molecule has 2 heterocycles. The molecule has 0 atom stereocenters. The molecule has 2 aromatic rings. The molecule has 1 amide bonds. The third-order valence-corrected chi connectivity index (χ3v) is 6.19. The van der Waals surface area contributed by atoms with Crippen LogP contribution in [0, 0.1) is 11.8 Å². The third kappa shape index (κ3) is 3.70. The number of hydrogen-bond acceptors (Lipinski definition) is 4. The fourth-order valence-electron chi connectivity index (χ4n) is 3.55. The average Bonchev–Trinajstić information content (AvgIpc) is 3.24. The lowest BCUT2D eigenvalue weighted by Gasteiger charge is -2.33. The zero-order valence-corrected chi connectivity index (χ0v) is 16.2. The fraction of sp³-hybridized carbons (Fsp3) is 0.500. The number of carboxylic acid groups (broad SMARTS) is 1. The fourth-order valence-corrected chi connectivity index (χ4v) is 4.80. The second-order valence-corrected chi connectivity index (χ2v) is 8.40. The predicted octanol–water partition coefficient (Wildman–Crippen LogP) is 5.27. The number of rotatable bonds is 5. The number of nitrogens with zero attached hydrogens (tertiary/aromatic N) is 1. The van der Waals surface area contributed by atoms with Crippen molar-refractivity contribution in [2.24, 2.45) is 11.8 Å². The molecule has 1 fully saturated rings. The van der Waals surface area contributed by atoms with Gasteiger partial charge in [0.1, 0.15) is 10.8 Å². The Balaban J connectivity index is 1.97. The molecule has 1 aliphatic rings. The van der Waals surface area contributed by atoms with Gasteiger partial charge in [0.05, 0.1) is 16.7 Å². The Bertz CT molecular complexity index is 770. The van der Waals surface area contributed by atoms with Crippen molar-refractivity contribution in [3.05, 3.63) is 30.0 Å². The van der Waals surface area contributed by atoms with Gasteiger partial charge >= 0.3 is 5.97 Å². The van der Waals surface area contributed by atoms with Crippen LogP contribution in [0.5, 0.6) is 0 Å². The van der Waals surface area contributed by atoms with Crippen LogP contribution < -0.4 is 4.90 Å². The van der Waals surface area contributed by atoms with Gasteiger partial charge in [-0.3, -0.25) is 4.79 Å². The maximum Gasteiger partial charge on any atom is 0.338 e. The highest BCUT2D eigenvalue weighted by Gasteiger charge is 2.33. The van der Waals surface area contributed by atoms with Gasteiger partial charge in [0.2, 0.25) is 5.91 Å². The topological polar surface area (TPSA) is 70.8 Å². The van der Waals surface area contributed by atoms with Crippen molar-refractivity contribution in [1.82, 2.24) is 0 Å². The summed E-state index contributed by atoms with van der Waals surface area (Å²) in [6, 6.07) is 5.06. The highest BCUT2D eigenvalue weighted by atomic mass is 32.1. The van der Waals surface area contributed by atoms with E-state index in [1.807, 2.05) is 13.8 Å². The highest BCUT2D eigenvalue weighted by molar-refractivity contribution is 7.20. The van der Waals surface area contributed by atoms with Crippen LogP contribution in [-0.4, -0.2) is 23.0 Å². The summed E-state index contributed by atoms with van der Waals surface area (Å²) in [5, 5.41) is 10.2. The van der Waals surface area contributed by atoms with Crippen molar-refractivity contribution >= 4 is 28.2 Å². The Hall–Kier alpha value is -2.08. The number of aromatic carboxylic acids is 1. The summed E-state index contributed by atoms with van der Waals surface area (Å²) in [5.41, 5.74) is 0.160. The summed E-state index contributed by atoms with van der Waals surface area (Å²) in [6.07, 6.45) is 5.42. The van der Waals surface area contributed by atoms with Crippen molar-refractivity contribution in [2.75, 3.05) is 4.90 Å². The van der Waals surface area contributed by atoms with Crippen molar-refractivity contribution < 1.29 is 19.1 Å². The molecule has 0 aromatic carbocycles. The van der Waals surface area contributed by atoms with Crippen LogP contribution in [0.4, 0.5) is 5.00 Å². The smallest absolute Gasteiger partial charge is 0.338 e. The molecule has 0 unspecified atom stereocenters. The Morgan fingerprint density at radius 3 is 2.50 bits per heavy atom. The summed E-state index contributed by atoms with van der Waals surface area (Å²) in [5.74, 6) is 0.274. The number of amides is 1. The molecule has 2 aromatic heterocycles. The highest BCUT2D eigenvalue weighted by Crippen LogP contribution is 2.40. The maximum absolute atomic E-state index is 13.2. The molecule has 26 heavy (non-hydrogen) atoms. The zero-order valence-electron chi connectivity index (χ0n) is 15.4. The molecule has 1 N–H and O–H groups in total. The van der Waals surface area contributed by atoms with E-state index in [2.05, 4.69) is 6.92 Å². The molecule has 3 rings (SSSR count). The van der Waals surface area contributed by atoms with E-state index in [0.29, 0.717) is 16.7 Å². The van der Waals surface area contributed by atoms with E-state index in [4.69, 9.17) is 4.42 Å². The number of thiophene rings is 1. The third-order valence-electron chi connectivity index (χ3n) is 5.04. The first-order valence-electron chi connectivity index (χ1n) is 9.12.